The van der Waals surface area contributed by atoms with Crippen molar-refractivity contribution in [3.8, 4) is 0 Å². The van der Waals surface area contributed by atoms with Gasteiger partial charge in [-0.15, -0.1) is 0 Å². The summed E-state index contributed by atoms with van der Waals surface area (Å²) in [6, 6.07) is 1.55. The number of anilines is 1. The Morgan fingerprint density at radius 1 is 1.29 bits per heavy atom. The van der Waals surface area contributed by atoms with Gasteiger partial charge < -0.3 is 19.5 Å². The monoisotopic (exact) mass is 360 g/mol. The molecule has 0 aromatic carbocycles. The molecule has 0 spiro atoms. The highest BCUT2D eigenvalue weighted by Crippen LogP contribution is 2.21. The lowest BCUT2D eigenvalue weighted by Gasteiger charge is -2.25. The third kappa shape index (κ3) is 5.99. The molecule has 0 aliphatic rings. The number of ether oxygens (including phenoxy) is 2. The summed E-state index contributed by atoms with van der Waals surface area (Å²) in [5, 5.41) is 9.33. The topological polar surface area (TPSA) is 71.9 Å². The molecule has 0 saturated carbocycles. The summed E-state index contributed by atoms with van der Waals surface area (Å²) in [4.78, 5) is 17.5. The molecule has 7 heteroatoms. The minimum absolute atomic E-state index is 0.164. The molecule has 1 rings (SSSR count). The van der Waals surface area contributed by atoms with Gasteiger partial charge in [0.2, 0.25) is 0 Å². The first-order valence-electron chi connectivity index (χ1n) is 6.89. The molecule has 0 radical (unpaired) electrons. The van der Waals surface area contributed by atoms with Gasteiger partial charge in [-0.2, -0.15) is 0 Å². The summed E-state index contributed by atoms with van der Waals surface area (Å²) >= 11 is 3.25. The zero-order chi connectivity index (χ0) is 15.7. The zero-order valence-electron chi connectivity index (χ0n) is 12.3. The Balaban J connectivity index is 2.91. The minimum Gasteiger partial charge on any atom is -0.478 e. The van der Waals surface area contributed by atoms with Crippen LogP contribution in [0.25, 0.3) is 0 Å². The van der Waals surface area contributed by atoms with Gasteiger partial charge in [0.25, 0.3) is 0 Å². The second-order valence-corrected chi connectivity index (χ2v) is 5.13. The molecule has 6 nitrogen and oxygen atoms in total. The fourth-order valence-electron chi connectivity index (χ4n) is 1.80. The number of aromatic carboxylic acids is 1. The predicted molar refractivity (Wildman–Crippen MR) is 84.1 cm³/mol. The largest absolute Gasteiger partial charge is 0.478 e. The van der Waals surface area contributed by atoms with Crippen LogP contribution < -0.4 is 4.90 Å². The van der Waals surface area contributed by atoms with Crippen molar-refractivity contribution in [2.24, 2.45) is 0 Å². The number of rotatable bonds is 10. The Labute approximate surface area is 133 Å². The molecule has 0 amide bonds. The first kappa shape index (κ1) is 17.9. The van der Waals surface area contributed by atoms with Gasteiger partial charge >= 0.3 is 5.97 Å². The number of halogens is 1. The summed E-state index contributed by atoms with van der Waals surface area (Å²) in [7, 11) is 0. The Kier molecular flexibility index (Phi) is 8.26. The lowest BCUT2D eigenvalue weighted by atomic mass is 10.2. The zero-order valence-corrected chi connectivity index (χ0v) is 13.9. The number of carboxylic acids is 1. The maximum atomic E-state index is 11.4. The van der Waals surface area contributed by atoms with Crippen LogP contribution in [0.5, 0.6) is 0 Å². The van der Waals surface area contributed by atoms with Crippen molar-refractivity contribution in [3.63, 3.8) is 0 Å². The molecular weight excluding hydrogens is 340 g/mol. The van der Waals surface area contributed by atoms with Gasteiger partial charge in [-0.3, -0.25) is 0 Å². The van der Waals surface area contributed by atoms with Crippen LogP contribution in [0.4, 0.5) is 5.82 Å². The van der Waals surface area contributed by atoms with Gasteiger partial charge in [0.1, 0.15) is 11.4 Å². The third-order valence-corrected chi connectivity index (χ3v) is 3.22. The van der Waals surface area contributed by atoms with E-state index in [1.165, 1.54) is 0 Å². The molecule has 0 saturated heterocycles. The smallest absolute Gasteiger partial charge is 0.339 e. The molecule has 1 heterocycles. The maximum absolute atomic E-state index is 11.4. The molecule has 0 fully saturated rings. The first-order valence-corrected chi connectivity index (χ1v) is 7.68. The van der Waals surface area contributed by atoms with Crippen molar-refractivity contribution < 1.29 is 19.4 Å². The third-order valence-electron chi connectivity index (χ3n) is 2.78. The standard InChI is InChI=1S/C14H21BrN2O4/c1-3-20-7-5-17(6-8-21-4-2)13-12(14(18)19)9-11(15)10-16-13/h9-10H,3-8H2,1-2H3,(H,18,19). The molecule has 1 aromatic rings. The van der Waals surface area contributed by atoms with Crippen molar-refractivity contribution in [1.82, 2.24) is 4.98 Å². The van der Waals surface area contributed by atoms with E-state index in [9.17, 15) is 9.90 Å². The number of hydrogen-bond donors (Lipinski definition) is 1. The number of nitrogens with zero attached hydrogens (tertiary/aromatic N) is 2. The van der Waals surface area contributed by atoms with Gasteiger partial charge in [-0.05, 0) is 35.8 Å². The highest BCUT2D eigenvalue weighted by molar-refractivity contribution is 9.10. The highest BCUT2D eigenvalue weighted by Gasteiger charge is 2.18. The van der Waals surface area contributed by atoms with E-state index in [2.05, 4.69) is 20.9 Å². The van der Waals surface area contributed by atoms with Crippen molar-refractivity contribution in [2.45, 2.75) is 13.8 Å². The van der Waals surface area contributed by atoms with E-state index in [1.54, 1.807) is 12.3 Å². The van der Waals surface area contributed by atoms with Crippen LogP contribution in [-0.4, -0.2) is 55.6 Å². The van der Waals surface area contributed by atoms with Gasteiger partial charge in [-0.25, -0.2) is 9.78 Å². The average molecular weight is 361 g/mol. The molecule has 0 bridgehead atoms. The second kappa shape index (κ2) is 9.70. The van der Waals surface area contributed by atoms with E-state index in [-0.39, 0.29) is 5.56 Å². The van der Waals surface area contributed by atoms with E-state index in [1.807, 2.05) is 18.7 Å². The Morgan fingerprint density at radius 2 is 1.86 bits per heavy atom. The van der Waals surface area contributed by atoms with Crippen molar-refractivity contribution in [1.29, 1.82) is 0 Å². The van der Waals surface area contributed by atoms with Crippen molar-refractivity contribution in [3.05, 3.63) is 22.3 Å². The Hall–Kier alpha value is -1.18. The number of carbonyl (C=O) groups is 1. The maximum Gasteiger partial charge on any atom is 0.339 e. The van der Waals surface area contributed by atoms with E-state index in [0.29, 0.717) is 49.8 Å². The fraction of sp³-hybridized carbons (Fsp3) is 0.571. The predicted octanol–water partition coefficient (Wildman–Crippen LogP) is 2.42. The molecule has 0 unspecified atom stereocenters. The number of aromatic nitrogens is 1. The molecule has 1 N–H and O–H groups in total. The Bertz CT molecular complexity index is 447. The van der Waals surface area contributed by atoms with Gasteiger partial charge in [0, 0.05) is 37.0 Å². The first-order chi connectivity index (χ1) is 10.1. The SMILES string of the molecule is CCOCCN(CCOCC)c1ncc(Br)cc1C(=O)O. The lowest BCUT2D eigenvalue weighted by Crippen LogP contribution is -2.33. The average Bonchev–Trinajstić information content (AvgIpc) is 2.46. The molecule has 118 valence electrons. The summed E-state index contributed by atoms with van der Waals surface area (Å²) in [5.41, 5.74) is 0.164. The van der Waals surface area contributed by atoms with Crippen LogP contribution in [0.1, 0.15) is 24.2 Å². The summed E-state index contributed by atoms with van der Waals surface area (Å²) in [6.45, 7) is 7.25. The van der Waals surface area contributed by atoms with Crippen LogP contribution in [0, 0.1) is 0 Å². The van der Waals surface area contributed by atoms with Crippen LogP contribution in [0.3, 0.4) is 0 Å². The minimum atomic E-state index is -1.00. The van der Waals surface area contributed by atoms with Crippen LogP contribution in [-0.2, 0) is 9.47 Å². The van der Waals surface area contributed by atoms with Gasteiger partial charge in [-0.1, -0.05) is 0 Å². The second-order valence-electron chi connectivity index (χ2n) is 4.21. The number of hydrogen-bond acceptors (Lipinski definition) is 5. The molecule has 0 aliphatic carbocycles. The number of pyridine rings is 1. The Morgan fingerprint density at radius 3 is 2.33 bits per heavy atom. The molecule has 1 aromatic heterocycles. The quantitative estimate of drug-likeness (QED) is 0.646. The molecule has 0 aliphatic heterocycles. The van der Waals surface area contributed by atoms with E-state index < -0.39 is 5.97 Å². The van der Waals surface area contributed by atoms with Crippen LogP contribution >= 0.6 is 15.9 Å². The van der Waals surface area contributed by atoms with Crippen molar-refractivity contribution in [2.75, 3.05) is 44.4 Å². The van der Waals surface area contributed by atoms with E-state index in [0.717, 1.165) is 0 Å². The molecule has 21 heavy (non-hydrogen) atoms. The highest BCUT2D eigenvalue weighted by atomic mass is 79.9. The van der Waals surface area contributed by atoms with Crippen molar-refractivity contribution >= 4 is 27.7 Å². The van der Waals surface area contributed by atoms with Crippen LogP contribution in [0.2, 0.25) is 0 Å². The van der Waals surface area contributed by atoms with Gasteiger partial charge in [0.05, 0.1) is 13.2 Å². The van der Waals surface area contributed by atoms with E-state index >= 15 is 0 Å². The van der Waals surface area contributed by atoms with Crippen LogP contribution in [0.15, 0.2) is 16.7 Å². The summed E-state index contributed by atoms with van der Waals surface area (Å²) in [5.74, 6) is -0.568. The number of carboxylic acid groups (broad SMARTS) is 1. The fourth-order valence-corrected chi connectivity index (χ4v) is 2.13. The normalized spacial score (nSPS) is 10.6. The molecular formula is C14H21BrN2O4. The van der Waals surface area contributed by atoms with Gasteiger partial charge in [0.15, 0.2) is 0 Å². The van der Waals surface area contributed by atoms with E-state index in [4.69, 9.17) is 9.47 Å². The summed E-state index contributed by atoms with van der Waals surface area (Å²) < 4.78 is 11.3. The lowest BCUT2D eigenvalue weighted by molar-refractivity contribution is 0.0696. The molecule has 0 atom stereocenters. The summed E-state index contributed by atoms with van der Waals surface area (Å²) in [6.07, 6.45) is 1.59.